The number of nitrogens with zero attached hydrogens (tertiary/aromatic N) is 13. The fourth-order valence-corrected chi connectivity index (χ4v) is 13.6. The van der Waals surface area contributed by atoms with E-state index in [1.165, 1.54) is 28.8 Å². The topological polar surface area (TPSA) is 324 Å². The summed E-state index contributed by atoms with van der Waals surface area (Å²) in [5, 5.41) is 32.2. The van der Waals surface area contributed by atoms with Gasteiger partial charge in [0.2, 0.25) is 29.1 Å². The number of imidazole rings is 3. The second-order valence-corrected chi connectivity index (χ2v) is 28.7. The van der Waals surface area contributed by atoms with Gasteiger partial charge in [-0.15, -0.1) is 23.2 Å². The van der Waals surface area contributed by atoms with Crippen molar-refractivity contribution >= 4 is 103 Å². The molecule has 0 bridgehead atoms. The predicted octanol–water partition coefficient (Wildman–Crippen LogP) is 2.69. The van der Waals surface area contributed by atoms with E-state index in [1.807, 2.05) is 13.7 Å². The summed E-state index contributed by atoms with van der Waals surface area (Å²) in [4.78, 5) is 24.7. The van der Waals surface area contributed by atoms with Gasteiger partial charge in [0, 0.05) is 107 Å². The van der Waals surface area contributed by atoms with Gasteiger partial charge in [0.15, 0.2) is 34.9 Å². The largest absolute Gasteiger partial charge is 1.00 e. The number of nitrogens with two attached hydrogens (primary N) is 1. The number of carbonyl (C=O) groups excluding carboxylic acids is 1. The molecule has 0 spiro atoms. The van der Waals surface area contributed by atoms with Crippen LogP contribution < -0.4 is 118 Å². The predicted molar refractivity (Wildman–Crippen MR) is 330 cm³/mol. The third-order valence-electron chi connectivity index (χ3n) is 14.2. The van der Waals surface area contributed by atoms with Gasteiger partial charge in [0.25, 0.3) is 6.47 Å². The monoisotopic (exact) mass is 1500 g/mol. The summed E-state index contributed by atoms with van der Waals surface area (Å²) in [6, 6.07) is 12.7. The smallest absolute Gasteiger partial charge is 1.00 e. The molecule has 3 saturated carbocycles. The maximum absolute atomic E-state index is 13.8. The maximum atomic E-state index is 13.8. The van der Waals surface area contributed by atoms with Gasteiger partial charge >= 0.3 is 103 Å². The molecule has 7 heterocycles. The zero-order chi connectivity index (χ0) is 68.1. The zero-order valence-electron chi connectivity index (χ0n) is 52.7. The summed E-state index contributed by atoms with van der Waals surface area (Å²) < 4.78 is 175. The minimum Gasteiger partial charge on any atom is -1.00 e. The molecule has 4 aliphatic rings. The van der Waals surface area contributed by atoms with Gasteiger partial charge in [0.1, 0.15) is 17.5 Å². The van der Waals surface area contributed by atoms with Crippen LogP contribution in [0.1, 0.15) is 95.8 Å². The molecule has 1 saturated heterocycles. The van der Waals surface area contributed by atoms with Crippen LogP contribution in [0.25, 0.3) is 67.3 Å². The Morgan fingerprint density at radius 3 is 1.35 bits per heavy atom. The minimum absolute atomic E-state index is 0. The van der Waals surface area contributed by atoms with Crippen LogP contribution in [0.3, 0.4) is 0 Å². The van der Waals surface area contributed by atoms with Crippen LogP contribution >= 0.6 is 33.9 Å². The molecule has 9 aromatic rings. The molecular formula is C56H59Cl3F7K2N15O9S3. The molecule has 3 aromatic carbocycles. The first kappa shape index (κ1) is 78.5. The maximum Gasteiger partial charge on any atom is 1.00 e. The van der Waals surface area contributed by atoms with E-state index in [1.54, 1.807) is 24.4 Å². The number of benzene rings is 3. The molecule has 4 fully saturated rings. The fourth-order valence-electron chi connectivity index (χ4n) is 9.63. The first-order valence-electron chi connectivity index (χ1n) is 28.9. The van der Waals surface area contributed by atoms with Crippen LogP contribution in [0, 0.1) is 34.9 Å². The molecule has 0 radical (unpaired) electrons. The van der Waals surface area contributed by atoms with Crippen molar-refractivity contribution in [3.05, 3.63) is 125 Å². The Labute approximate surface area is 642 Å². The van der Waals surface area contributed by atoms with E-state index in [9.17, 15) is 56.0 Å². The number of carbonyl (C=O) groups is 1. The van der Waals surface area contributed by atoms with Crippen LogP contribution in [-0.4, -0.2) is 138 Å². The molecule has 6 aromatic heterocycles. The normalized spacial score (nSPS) is 15.0. The zero-order valence-corrected chi connectivity index (χ0v) is 61.7. The second kappa shape index (κ2) is 36.5. The molecular weight excluding hydrogens is 1440 g/mol. The number of hydrogen-bond donors (Lipinski definition) is 2. The van der Waals surface area contributed by atoms with Gasteiger partial charge < -0.3 is 31.0 Å². The summed E-state index contributed by atoms with van der Waals surface area (Å²) >= 11 is 10.7. The summed E-state index contributed by atoms with van der Waals surface area (Å²) in [5.74, 6) is -3.11. The van der Waals surface area contributed by atoms with Gasteiger partial charge in [-0.3, -0.25) is 9.18 Å². The van der Waals surface area contributed by atoms with Gasteiger partial charge in [-0.05, 0) is 76.0 Å². The molecule has 502 valence electrons. The molecule has 0 atom stereocenters. The molecule has 0 amide bonds. The van der Waals surface area contributed by atoms with Gasteiger partial charge in [0.05, 0.1) is 108 Å². The third-order valence-corrected chi connectivity index (χ3v) is 19.2. The van der Waals surface area contributed by atoms with Crippen molar-refractivity contribution < 1.29 is 176 Å². The Hall–Kier alpha value is -3.88. The van der Waals surface area contributed by atoms with E-state index in [2.05, 4.69) is 55.2 Å². The van der Waals surface area contributed by atoms with Crippen molar-refractivity contribution in [3.63, 3.8) is 0 Å². The van der Waals surface area contributed by atoms with Crippen LogP contribution in [0.5, 0.6) is 0 Å². The van der Waals surface area contributed by atoms with Gasteiger partial charge in [-0.2, -0.15) is 34.9 Å². The van der Waals surface area contributed by atoms with Crippen LogP contribution in [-0.2, 0) is 58.4 Å². The number of hydrogen-bond acceptors (Lipinski definition) is 19. The molecule has 95 heavy (non-hydrogen) atoms. The SMILES string of the molecule is NCc1cc(-c2nc3cc(F)c(F)cc3n2C2CC2)cnn1.O=CO[O-].O=S(=O)(CCCCl)NCc1cc(-c2nc3cc(F)c(F)cc3n2C2CC2)cnn1.O=S(=O)(Cl)CCCCl.O=S1(=O)CCCN1Cc1cc(-c2nc3cc(F)c(F)cc3n2C2CC2)cnn1.[2H]CF.[H-].[K+].[K+]. The first-order valence-corrected chi connectivity index (χ1v) is 35.0. The molecule has 24 nitrogen and oxygen atoms in total. The van der Waals surface area contributed by atoms with E-state index in [-0.39, 0.29) is 172 Å². The molecule has 13 rings (SSSR count). The second-order valence-electron chi connectivity index (χ2n) is 21.0. The molecule has 39 heteroatoms. The van der Waals surface area contributed by atoms with Gasteiger partial charge in [-0.1, -0.05) is 0 Å². The molecule has 0 unspecified atom stereocenters. The van der Waals surface area contributed by atoms with Gasteiger partial charge in [-0.25, -0.2) is 71.3 Å². The van der Waals surface area contributed by atoms with E-state index in [0.29, 0.717) is 110 Å². The molecule has 1 aliphatic heterocycles. The summed E-state index contributed by atoms with van der Waals surface area (Å²) in [6.45, 7) is 0.676. The van der Waals surface area contributed by atoms with Crippen molar-refractivity contribution in [2.45, 2.75) is 95.5 Å². The standard InChI is InChI=1S/C18H18ClF2N5O2S.C18H17F2N5O2S.C15H13F2N5.C3H6Cl2O2S.CH3F.CH2O3.2K.H/c19-4-1-5-29(27,28)23-10-12-6-11(9-22-25-12)18-24-16-7-14(20)15(21)8-17(16)26(18)13-2-3-13;19-14-7-16-17(8-15(14)20)25(13-2-3-13)18(22-16)11-6-12(23-21-9-11)10-24-4-1-5-28(24,26)27;16-11-4-13-14(5-12(11)17)22(10-1-2-10)15(20-13)8-3-9(6-18)21-19-7-8;4-2-1-3-8(5,6)7;1-2;2-1-4-3;;;/h6-9,13,23H,1-5,10H2;6-9,13H,1-5,10H2;3-5,7,10H,1-2,6,18H2;1-3H2;1H3;1,3H;;;/q;;;;;;2*+1;-1/p-1/i;;;;1D;;;;. The summed E-state index contributed by atoms with van der Waals surface area (Å²) in [6.07, 6.45) is 11.7. The Morgan fingerprint density at radius 2 is 1.01 bits per heavy atom. The average molecular weight is 1500 g/mol. The quantitative estimate of drug-likeness (QED) is 0.0224. The van der Waals surface area contributed by atoms with Crippen LogP contribution in [0.15, 0.2) is 73.2 Å². The Bertz CT molecular complexity index is 4520. The van der Waals surface area contributed by atoms with Crippen LogP contribution in [0.4, 0.5) is 30.7 Å². The van der Waals surface area contributed by atoms with E-state index in [0.717, 1.165) is 68.4 Å². The van der Waals surface area contributed by atoms with Crippen molar-refractivity contribution in [1.82, 2.24) is 68.3 Å². The Morgan fingerprint density at radius 1 is 0.653 bits per heavy atom. The number of fused-ring (bicyclic) bond motifs is 3. The van der Waals surface area contributed by atoms with Crippen LogP contribution in [0.2, 0.25) is 0 Å². The number of sulfonamides is 2. The number of rotatable bonds is 19. The van der Waals surface area contributed by atoms with Crippen molar-refractivity contribution in [1.29, 1.82) is 0 Å². The fraction of sp³-hybridized carbons (Fsp3) is 0.393. The minimum atomic E-state index is -3.47. The Balaban J connectivity index is 0.000000236. The molecule has 3 aliphatic carbocycles. The van der Waals surface area contributed by atoms with Crippen molar-refractivity contribution in [3.8, 4) is 34.2 Å². The Kier molecular flexibility index (Phi) is 30.1. The average Bonchev–Trinajstić information content (AvgIpc) is 1.62. The van der Waals surface area contributed by atoms with E-state index in [4.69, 9.17) is 51.0 Å². The number of nitrogens with one attached hydrogen (secondary N) is 1. The number of alkyl halides is 3. The number of aromatic nitrogens is 12. The van der Waals surface area contributed by atoms with Crippen molar-refractivity contribution in [2.75, 3.05) is 42.7 Å². The third kappa shape index (κ3) is 21.8. The van der Waals surface area contributed by atoms with Crippen molar-refractivity contribution in [2.24, 2.45) is 5.73 Å². The first-order chi connectivity index (χ1) is 44.9. The summed E-state index contributed by atoms with van der Waals surface area (Å²) in [5.41, 5.74) is 12.0. The number of halogens is 10. The van der Waals surface area contributed by atoms with E-state index < -0.39 is 71.2 Å². The molecule has 3 N–H and O–H groups in total. The van der Waals surface area contributed by atoms with E-state index >= 15 is 0 Å². The summed E-state index contributed by atoms with van der Waals surface area (Å²) in [7, 11) is -6.18.